The van der Waals surface area contributed by atoms with Gasteiger partial charge in [-0.3, -0.25) is 14.4 Å². The number of nitrogens with zero attached hydrogens (tertiary/aromatic N) is 1. The molecule has 0 saturated carbocycles. The van der Waals surface area contributed by atoms with E-state index in [4.69, 9.17) is 16.3 Å². The maximum absolute atomic E-state index is 14.6. The lowest BCUT2D eigenvalue weighted by Crippen LogP contribution is -2.48. The van der Waals surface area contributed by atoms with Gasteiger partial charge in [-0.2, -0.15) is 0 Å². The number of hydrogen-bond acceptors (Lipinski definition) is 6. The van der Waals surface area contributed by atoms with E-state index >= 15 is 0 Å². The fourth-order valence-corrected chi connectivity index (χ4v) is 7.60. The molecule has 7 rings (SSSR count). The first-order valence-corrected chi connectivity index (χ1v) is 13.9. The first kappa shape index (κ1) is 24.1. The summed E-state index contributed by atoms with van der Waals surface area (Å²) >= 11 is 7.70. The van der Waals surface area contributed by atoms with E-state index in [0.29, 0.717) is 32.3 Å². The Labute approximate surface area is 234 Å². The van der Waals surface area contributed by atoms with Gasteiger partial charge < -0.3 is 9.64 Å². The summed E-state index contributed by atoms with van der Waals surface area (Å²) in [5.74, 6) is -0.824. The molecule has 7 heteroatoms. The second kappa shape index (κ2) is 8.76. The van der Waals surface area contributed by atoms with Gasteiger partial charge in [0.25, 0.3) is 0 Å². The van der Waals surface area contributed by atoms with Crippen LogP contribution in [-0.2, 0) is 0 Å². The molecule has 1 aromatic heterocycles. The molecule has 1 saturated heterocycles. The maximum Gasteiger partial charge on any atom is 0.195 e. The highest BCUT2D eigenvalue weighted by Gasteiger charge is 2.71. The molecule has 4 aromatic rings. The number of ketones is 3. The van der Waals surface area contributed by atoms with E-state index in [1.165, 1.54) is 11.3 Å². The topological polar surface area (TPSA) is 63.7 Å². The summed E-state index contributed by atoms with van der Waals surface area (Å²) in [7, 11) is 1.57. The summed E-state index contributed by atoms with van der Waals surface area (Å²) in [6.07, 6.45) is 3.81. The average molecular weight is 552 g/mol. The number of methoxy groups -OCH3 is 1. The number of carbonyl (C=O) groups excluding carboxylic acids is 3. The molecule has 0 amide bonds. The molecule has 3 atom stereocenters. The summed E-state index contributed by atoms with van der Waals surface area (Å²) in [5.41, 5.74) is 1.56. The molecule has 0 N–H and O–H groups in total. The number of Topliss-reactive ketones (excluding diaryl/α,β-unsaturated/α-hetero) is 3. The molecular formula is C32H22ClNO4S. The van der Waals surface area contributed by atoms with E-state index in [9.17, 15) is 14.4 Å². The van der Waals surface area contributed by atoms with E-state index in [2.05, 4.69) is 0 Å². The third-order valence-electron chi connectivity index (χ3n) is 8.25. The monoisotopic (exact) mass is 551 g/mol. The van der Waals surface area contributed by atoms with Crippen LogP contribution in [0.15, 0.2) is 90.3 Å². The molecule has 1 unspecified atom stereocenters. The highest BCUT2D eigenvalue weighted by atomic mass is 35.5. The number of hydrogen-bond donors (Lipinski definition) is 0. The van der Waals surface area contributed by atoms with E-state index in [1.54, 1.807) is 43.5 Å². The Morgan fingerprint density at radius 1 is 0.949 bits per heavy atom. The third kappa shape index (κ3) is 3.22. The Balaban J connectivity index is 1.56. The minimum Gasteiger partial charge on any atom is -0.497 e. The number of benzene rings is 3. The number of ether oxygens (including phenoxy) is 1. The maximum atomic E-state index is 14.6. The van der Waals surface area contributed by atoms with Crippen LogP contribution in [0, 0.1) is 5.41 Å². The van der Waals surface area contributed by atoms with Crippen molar-refractivity contribution in [3.63, 3.8) is 0 Å². The molecule has 1 fully saturated rings. The van der Waals surface area contributed by atoms with Crippen LogP contribution in [0.5, 0.6) is 5.75 Å². The summed E-state index contributed by atoms with van der Waals surface area (Å²) in [5, 5.41) is 2.43. The average Bonchev–Trinajstić information content (AvgIpc) is 3.66. The Morgan fingerprint density at radius 3 is 2.41 bits per heavy atom. The molecule has 3 aromatic carbocycles. The molecule has 1 spiro atoms. The van der Waals surface area contributed by atoms with Crippen molar-refractivity contribution in [2.45, 2.75) is 18.0 Å². The molecule has 0 bridgehead atoms. The quantitative estimate of drug-likeness (QED) is 0.208. The van der Waals surface area contributed by atoms with Crippen LogP contribution in [0.25, 0.3) is 6.08 Å². The fourth-order valence-electron chi connectivity index (χ4n) is 6.72. The van der Waals surface area contributed by atoms with Crippen molar-refractivity contribution >= 4 is 52.1 Å². The first-order valence-electron chi connectivity index (χ1n) is 12.6. The standard InChI is InChI=1S/C32H22ClNO4S/c1-38-21-7-4-6-19(17-21)27-28(29(35)25-10-5-15-39-25)34-24-13-12-20(33)16-18(24)11-14-26(34)32(27)30(36)22-8-2-3-9-23(22)31(32)37/h2-17,26-28H,1H3/t26?,27-,28+/m0/s1. The van der Waals surface area contributed by atoms with Gasteiger partial charge in [0.1, 0.15) is 17.2 Å². The predicted molar refractivity (Wildman–Crippen MR) is 152 cm³/mol. The molecule has 39 heavy (non-hydrogen) atoms. The number of anilines is 1. The van der Waals surface area contributed by atoms with E-state index < -0.39 is 23.4 Å². The second-order valence-corrected chi connectivity index (χ2v) is 11.4. The minimum absolute atomic E-state index is 0.132. The smallest absolute Gasteiger partial charge is 0.195 e. The molecule has 1 aliphatic carbocycles. The highest BCUT2D eigenvalue weighted by molar-refractivity contribution is 7.12. The first-order chi connectivity index (χ1) is 19.0. The van der Waals surface area contributed by atoms with Gasteiger partial charge in [0, 0.05) is 27.8 Å². The number of rotatable bonds is 4. The second-order valence-electron chi connectivity index (χ2n) is 10.0. The van der Waals surface area contributed by atoms with Gasteiger partial charge in [-0.05, 0) is 52.9 Å². The van der Waals surface area contributed by atoms with Gasteiger partial charge in [0.05, 0.1) is 18.0 Å². The van der Waals surface area contributed by atoms with Crippen LogP contribution >= 0.6 is 22.9 Å². The summed E-state index contributed by atoms with van der Waals surface area (Å²) < 4.78 is 5.54. The molecule has 5 nitrogen and oxygen atoms in total. The van der Waals surface area contributed by atoms with E-state index in [1.807, 2.05) is 64.9 Å². The third-order valence-corrected chi connectivity index (χ3v) is 9.37. The number of fused-ring (bicyclic) bond motifs is 5. The Bertz CT molecular complexity index is 1670. The Kier molecular flexibility index (Phi) is 5.41. The van der Waals surface area contributed by atoms with Crippen molar-refractivity contribution < 1.29 is 19.1 Å². The zero-order valence-electron chi connectivity index (χ0n) is 20.8. The lowest BCUT2D eigenvalue weighted by Gasteiger charge is -2.37. The van der Waals surface area contributed by atoms with Crippen molar-refractivity contribution in [1.29, 1.82) is 0 Å². The SMILES string of the molecule is COc1cccc([C@H]2[C@H](C(=O)c3cccs3)N3c4ccc(Cl)cc4C=CC3C23C(=O)c2ccccc2C3=O)c1. The van der Waals surface area contributed by atoms with Crippen LogP contribution < -0.4 is 9.64 Å². The Hall–Kier alpha value is -4.00. The predicted octanol–water partition coefficient (Wildman–Crippen LogP) is 6.73. The van der Waals surface area contributed by atoms with Gasteiger partial charge in [0.2, 0.25) is 0 Å². The molecule has 192 valence electrons. The molecular weight excluding hydrogens is 530 g/mol. The Morgan fingerprint density at radius 2 is 1.72 bits per heavy atom. The largest absolute Gasteiger partial charge is 0.497 e. The van der Waals surface area contributed by atoms with Crippen molar-refractivity contribution in [2.24, 2.45) is 5.41 Å². The lowest BCUT2D eigenvalue weighted by molar-refractivity contribution is 0.0666. The molecule has 3 heterocycles. The van der Waals surface area contributed by atoms with E-state index in [-0.39, 0.29) is 17.3 Å². The minimum atomic E-state index is -1.54. The van der Waals surface area contributed by atoms with Crippen molar-refractivity contribution in [2.75, 3.05) is 12.0 Å². The normalized spacial score (nSPS) is 22.1. The summed E-state index contributed by atoms with van der Waals surface area (Å²) in [6, 6.07) is 22.0. The fraction of sp³-hybridized carbons (Fsp3) is 0.156. The number of halogens is 1. The van der Waals surface area contributed by atoms with Gasteiger partial charge in [-0.25, -0.2) is 0 Å². The molecule has 3 aliphatic rings. The number of carbonyl (C=O) groups is 3. The molecule has 0 radical (unpaired) electrons. The van der Waals surface area contributed by atoms with Crippen LogP contribution in [0.4, 0.5) is 5.69 Å². The van der Waals surface area contributed by atoms with Crippen molar-refractivity contribution in [1.82, 2.24) is 0 Å². The zero-order chi connectivity index (χ0) is 26.9. The number of thiophene rings is 1. The summed E-state index contributed by atoms with van der Waals surface area (Å²) in [6.45, 7) is 0. The lowest BCUT2D eigenvalue weighted by atomic mass is 9.64. The van der Waals surface area contributed by atoms with Gasteiger partial charge in [0.15, 0.2) is 17.3 Å². The van der Waals surface area contributed by atoms with Crippen molar-refractivity contribution in [3.8, 4) is 5.75 Å². The van der Waals surface area contributed by atoms with Gasteiger partial charge >= 0.3 is 0 Å². The van der Waals surface area contributed by atoms with E-state index in [0.717, 1.165) is 11.3 Å². The van der Waals surface area contributed by atoms with Crippen molar-refractivity contribution in [3.05, 3.63) is 122 Å². The summed E-state index contributed by atoms with van der Waals surface area (Å²) in [4.78, 5) is 46.2. The van der Waals surface area contributed by atoms with Crippen LogP contribution in [0.2, 0.25) is 5.02 Å². The van der Waals surface area contributed by atoms with Crippen LogP contribution in [0.3, 0.4) is 0 Å². The van der Waals surface area contributed by atoms with Gasteiger partial charge in [-0.15, -0.1) is 11.3 Å². The van der Waals surface area contributed by atoms with Crippen LogP contribution in [-0.4, -0.2) is 36.5 Å². The van der Waals surface area contributed by atoms with Gasteiger partial charge in [-0.1, -0.05) is 66.2 Å². The zero-order valence-corrected chi connectivity index (χ0v) is 22.4. The highest BCUT2D eigenvalue weighted by Crippen LogP contribution is 2.61. The van der Waals surface area contributed by atoms with Crippen LogP contribution in [0.1, 0.15) is 47.4 Å². The molecule has 2 aliphatic heterocycles.